The highest BCUT2D eigenvalue weighted by molar-refractivity contribution is 7.99. The summed E-state index contributed by atoms with van der Waals surface area (Å²) in [5, 5.41) is 8.46. The van der Waals surface area contributed by atoms with E-state index >= 15 is 0 Å². The average molecular weight is 404 g/mol. The maximum Gasteiger partial charge on any atom is 0.248 e. The van der Waals surface area contributed by atoms with Crippen molar-refractivity contribution in [1.29, 1.82) is 0 Å². The van der Waals surface area contributed by atoms with Crippen molar-refractivity contribution in [1.82, 2.24) is 14.8 Å². The molecule has 1 aromatic heterocycles. The van der Waals surface area contributed by atoms with E-state index in [1.54, 1.807) is 36.7 Å². The van der Waals surface area contributed by atoms with Crippen molar-refractivity contribution in [3.05, 3.63) is 35.0 Å². The van der Waals surface area contributed by atoms with Crippen LogP contribution >= 0.6 is 11.8 Å². The Kier molecular flexibility index (Phi) is 6.13. The van der Waals surface area contributed by atoms with Crippen LogP contribution in [-0.4, -0.2) is 40.6 Å². The summed E-state index contributed by atoms with van der Waals surface area (Å²) in [5.74, 6) is 2.19. The molecule has 0 aliphatic carbocycles. The van der Waals surface area contributed by atoms with Gasteiger partial charge in [-0.3, -0.25) is 4.79 Å². The number of hydrogen-bond donors (Lipinski definition) is 2. The minimum atomic E-state index is -0.508. The Balaban J connectivity index is 2.07. The quantitative estimate of drug-likeness (QED) is 0.516. The zero-order valence-corrected chi connectivity index (χ0v) is 17.3. The molecule has 0 spiro atoms. The SMILES string of the molecule is CCCCSc1nc2n(n1)C(c1ccc(OC)c(OC)c1)C(C(N)=O)=C(C)N2. The highest BCUT2D eigenvalue weighted by Gasteiger charge is 2.33. The van der Waals surface area contributed by atoms with Gasteiger partial charge in [-0.2, -0.15) is 4.98 Å². The Morgan fingerprint density at radius 2 is 2.07 bits per heavy atom. The second kappa shape index (κ2) is 8.55. The zero-order valence-electron chi connectivity index (χ0n) is 16.5. The standard InChI is InChI=1S/C19H25N5O3S/c1-5-6-9-28-19-22-18-21-11(2)15(17(20)25)16(24(18)23-19)12-7-8-13(26-3)14(10-12)27-4/h7-8,10,16H,5-6,9H2,1-4H3,(H2,20,25)(H,21,22,23). The van der Waals surface area contributed by atoms with Gasteiger partial charge < -0.3 is 20.5 Å². The fourth-order valence-electron chi connectivity index (χ4n) is 3.15. The molecule has 1 aliphatic heterocycles. The van der Waals surface area contributed by atoms with E-state index in [1.165, 1.54) is 0 Å². The predicted octanol–water partition coefficient (Wildman–Crippen LogP) is 2.96. The maximum atomic E-state index is 12.3. The summed E-state index contributed by atoms with van der Waals surface area (Å²) in [4.78, 5) is 16.8. The first-order chi connectivity index (χ1) is 13.5. The molecule has 0 bridgehead atoms. The van der Waals surface area contributed by atoms with Gasteiger partial charge in [-0.15, -0.1) is 5.10 Å². The number of amides is 1. The number of thioether (sulfide) groups is 1. The molecular weight excluding hydrogens is 378 g/mol. The average Bonchev–Trinajstić information content (AvgIpc) is 3.08. The summed E-state index contributed by atoms with van der Waals surface area (Å²) in [6, 6.07) is 5.02. The van der Waals surface area contributed by atoms with Gasteiger partial charge in [0.2, 0.25) is 17.0 Å². The van der Waals surface area contributed by atoms with Gasteiger partial charge >= 0.3 is 0 Å². The van der Waals surface area contributed by atoms with Gasteiger partial charge in [0.15, 0.2) is 11.5 Å². The molecule has 1 amide bonds. The third-order valence-electron chi connectivity index (χ3n) is 4.55. The van der Waals surface area contributed by atoms with Gasteiger partial charge in [-0.1, -0.05) is 31.2 Å². The van der Waals surface area contributed by atoms with Crippen LogP contribution in [0, 0.1) is 0 Å². The number of allylic oxidation sites excluding steroid dienone is 1. The number of carbonyl (C=O) groups excluding carboxylic acids is 1. The smallest absolute Gasteiger partial charge is 0.248 e. The maximum absolute atomic E-state index is 12.3. The highest BCUT2D eigenvalue weighted by Crippen LogP contribution is 2.39. The van der Waals surface area contributed by atoms with E-state index in [4.69, 9.17) is 15.2 Å². The van der Waals surface area contributed by atoms with Crippen molar-refractivity contribution >= 4 is 23.6 Å². The van der Waals surface area contributed by atoms with Crippen LogP contribution in [0.25, 0.3) is 0 Å². The summed E-state index contributed by atoms with van der Waals surface area (Å²) in [5.41, 5.74) is 7.63. The fraction of sp³-hybridized carbons (Fsp3) is 0.421. The lowest BCUT2D eigenvalue weighted by molar-refractivity contribution is -0.115. The van der Waals surface area contributed by atoms with Gasteiger partial charge in [0.25, 0.3) is 0 Å². The molecule has 2 aromatic rings. The van der Waals surface area contributed by atoms with Gasteiger partial charge in [0, 0.05) is 11.4 Å². The molecule has 1 aromatic carbocycles. The van der Waals surface area contributed by atoms with E-state index in [0.717, 1.165) is 24.2 Å². The van der Waals surface area contributed by atoms with E-state index in [-0.39, 0.29) is 0 Å². The summed E-state index contributed by atoms with van der Waals surface area (Å²) >= 11 is 1.60. The molecule has 28 heavy (non-hydrogen) atoms. The number of methoxy groups -OCH3 is 2. The van der Waals surface area contributed by atoms with Crippen molar-refractivity contribution in [2.24, 2.45) is 5.73 Å². The molecule has 0 fully saturated rings. The molecular formula is C19H25N5O3S. The number of rotatable bonds is 8. The summed E-state index contributed by atoms with van der Waals surface area (Å²) < 4.78 is 12.5. The minimum absolute atomic E-state index is 0.440. The first-order valence-corrected chi connectivity index (χ1v) is 10.1. The van der Waals surface area contributed by atoms with Crippen LogP contribution in [0.3, 0.4) is 0 Å². The van der Waals surface area contributed by atoms with Crippen molar-refractivity contribution in [2.75, 3.05) is 25.3 Å². The minimum Gasteiger partial charge on any atom is -0.493 e. The van der Waals surface area contributed by atoms with E-state index in [1.807, 2.05) is 19.1 Å². The van der Waals surface area contributed by atoms with Crippen molar-refractivity contribution < 1.29 is 14.3 Å². The Morgan fingerprint density at radius 1 is 1.32 bits per heavy atom. The predicted molar refractivity (Wildman–Crippen MR) is 109 cm³/mol. The van der Waals surface area contributed by atoms with E-state index < -0.39 is 11.9 Å². The molecule has 3 rings (SSSR count). The molecule has 0 radical (unpaired) electrons. The van der Waals surface area contributed by atoms with Crippen LogP contribution in [0.2, 0.25) is 0 Å². The van der Waals surface area contributed by atoms with Crippen LogP contribution in [0.5, 0.6) is 11.5 Å². The van der Waals surface area contributed by atoms with E-state index in [0.29, 0.717) is 33.9 Å². The molecule has 2 heterocycles. The number of anilines is 1. The van der Waals surface area contributed by atoms with Crippen molar-refractivity contribution in [2.45, 2.75) is 37.9 Å². The Bertz CT molecular complexity index is 909. The normalized spacial score (nSPS) is 15.8. The van der Waals surface area contributed by atoms with Gasteiger partial charge in [-0.05, 0) is 31.0 Å². The molecule has 8 nitrogen and oxygen atoms in total. The van der Waals surface area contributed by atoms with Gasteiger partial charge in [0.05, 0.1) is 19.8 Å². The van der Waals surface area contributed by atoms with Crippen molar-refractivity contribution in [3.8, 4) is 11.5 Å². The van der Waals surface area contributed by atoms with Crippen LogP contribution in [-0.2, 0) is 4.79 Å². The molecule has 150 valence electrons. The monoisotopic (exact) mass is 403 g/mol. The summed E-state index contributed by atoms with van der Waals surface area (Å²) in [7, 11) is 3.15. The molecule has 0 saturated carbocycles. The number of nitrogens with zero attached hydrogens (tertiary/aromatic N) is 3. The van der Waals surface area contributed by atoms with Crippen LogP contribution < -0.4 is 20.5 Å². The lowest BCUT2D eigenvalue weighted by atomic mass is 9.95. The third kappa shape index (κ3) is 3.80. The second-order valence-electron chi connectivity index (χ2n) is 6.41. The number of nitrogens with one attached hydrogen (secondary N) is 1. The van der Waals surface area contributed by atoms with Crippen LogP contribution in [0.4, 0.5) is 5.95 Å². The molecule has 1 unspecified atom stereocenters. The van der Waals surface area contributed by atoms with Gasteiger partial charge in [-0.25, -0.2) is 4.68 Å². The number of primary amides is 1. The number of ether oxygens (including phenoxy) is 2. The number of hydrogen-bond acceptors (Lipinski definition) is 7. The number of benzene rings is 1. The van der Waals surface area contributed by atoms with Gasteiger partial charge in [0.1, 0.15) is 6.04 Å². The zero-order chi connectivity index (χ0) is 20.3. The largest absolute Gasteiger partial charge is 0.493 e. The Labute approximate surface area is 168 Å². The Morgan fingerprint density at radius 3 is 2.71 bits per heavy atom. The number of fused-ring (bicyclic) bond motifs is 1. The number of aromatic nitrogens is 3. The number of nitrogens with two attached hydrogens (primary N) is 1. The summed E-state index contributed by atoms with van der Waals surface area (Å²) in [6.07, 6.45) is 2.20. The Hall–Kier alpha value is -2.68. The lowest BCUT2D eigenvalue weighted by Gasteiger charge is -2.28. The molecule has 3 N–H and O–H groups in total. The van der Waals surface area contributed by atoms with Crippen LogP contribution in [0.1, 0.15) is 38.3 Å². The molecule has 1 aliphatic rings. The third-order valence-corrected chi connectivity index (χ3v) is 5.47. The first-order valence-electron chi connectivity index (χ1n) is 9.09. The highest BCUT2D eigenvalue weighted by atomic mass is 32.2. The lowest BCUT2D eigenvalue weighted by Crippen LogP contribution is -2.31. The van der Waals surface area contributed by atoms with Crippen molar-refractivity contribution in [3.63, 3.8) is 0 Å². The van der Waals surface area contributed by atoms with E-state index in [2.05, 4.69) is 22.3 Å². The molecule has 9 heteroatoms. The van der Waals surface area contributed by atoms with E-state index in [9.17, 15) is 4.79 Å². The molecule has 0 saturated heterocycles. The molecule has 1 atom stereocenters. The number of carbonyl (C=O) groups is 1. The fourth-order valence-corrected chi connectivity index (χ4v) is 4.06. The summed E-state index contributed by atoms with van der Waals surface area (Å²) in [6.45, 7) is 3.96. The first kappa shape index (κ1) is 20.1. The van der Waals surface area contributed by atoms with Crippen LogP contribution in [0.15, 0.2) is 34.6 Å². The number of unbranched alkanes of at least 4 members (excludes halogenated alkanes) is 1. The topological polar surface area (TPSA) is 104 Å². The second-order valence-corrected chi connectivity index (χ2v) is 7.47.